The smallest absolute Gasteiger partial charge is 0.313 e. The highest BCUT2D eigenvalue weighted by molar-refractivity contribution is 5.95. The minimum atomic E-state index is -0.589. The molecule has 1 aliphatic heterocycles. The van der Waals surface area contributed by atoms with Gasteiger partial charge < -0.3 is 14.5 Å². The van der Waals surface area contributed by atoms with Crippen molar-refractivity contribution in [3.05, 3.63) is 29.8 Å². The van der Waals surface area contributed by atoms with E-state index in [-0.39, 0.29) is 11.9 Å². The SMILES string of the molecule is COC(=O)[C@]1(C)CCN(C(=O)c2ccc(N(C)C)cc2)C1. The minimum absolute atomic E-state index is 0.0343. The Bertz CT molecular complexity index is 539. The monoisotopic (exact) mass is 290 g/mol. The van der Waals surface area contributed by atoms with Crippen molar-refractivity contribution >= 4 is 17.6 Å². The molecule has 21 heavy (non-hydrogen) atoms. The van der Waals surface area contributed by atoms with E-state index in [9.17, 15) is 9.59 Å². The summed E-state index contributed by atoms with van der Waals surface area (Å²) in [5.74, 6) is -0.284. The Morgan fingerprint density at radius 1 is 1.24 bits per heavy atom. The van der Waals surface area contributed by atoms with E-state index in [0.717, 1.165) is 5.69 Å². The Labute approximate surface area is 125 Å². The van der Waals surface area contributed by atoms with Crippen LogP contribution in [0.4, 0.5) is 5.69 Å². The topological polar surface area (TPSA) is 49.9 Å². The van der Waals surface area contributed by atoms with Gasteiger partial charge in [-0.1, -0.05) is 0 Å². The molecule has 1 atom stereocenters. The highest BCUT2D eigenvalue weighted by Gasteiger charge is 2.43. The second-order valence-electron chi connectivity index (χ2n) is 5.97. The van der Waals surface area contributed by atoms with E-state index in [0.29, 0.717) is 25.1 Å². The van der Waals surface area contributed by atoms with Crippen molar-refractivity contribution in [2.75, 3.05) is 39.2 Å². The van der Waals surface area contributed by atoms with Gasteiger partial charge in [0.05, 0.1) is 12.5 Å². The fourth-order valence-electron chi connectivity index (χ4n) is 2.63. The zero-order chi connectivity index (χ0) is 15.6. The molecule has 1 saturated heterocycles. The van der Waals surface area contributed by atoms with Crippen molar-refractivity contribution in [2.24, 2.45) is 5.41 Å². The molecule has 114 valence electrons. The number of methoxy groups -OCH3 is 1. The van der Waals surface area contributed by atoms with E-state index in [1.54, 1.807) is 4.90 Å². The molecule has 1 fully saturated rings. The molecule has 1 amide bonds. The lowest BCUT2D eigenvalue weighted by molar-refractivity contribution is -0.150. The summed E-state index contributed by atoms with van der Waals surface area (Å²) in [6.07, 6.45) is 0.640. The molecule has 1 aliphatic rings. The second-order valence-corrected chi connectivity index (χ2v) is 5.97. The number of anilines is 1. The first-order chi connectivity index (χ1) is 9.87. The Morgan fingerprint density at radius 3 is 2.38 bits per heavy atom. The van der Waals surface area contributed by atoms with Gasteiger partial charge in [-0.2, -0.15) is 0 Å². The normalized spacial score (nSPS) is 21.2. The number of hydrogen-bond acceptors (Lipinski definition) is 4. The van der Waals surface area contributed by atoms with Crippen LogP contribution in [0.3, 0.4) is 0 Å². The summed E-state index contributed by atoms with van der Waals surface area (Å²) < 4.78 is 4.83. The molecule has 0 aliphatic carbocycles. The summed E-state index contributed by atoms with van der Waals surface area (Å²) in [6.45, 7) is 2.84. The van der Waals surface area contributed by atoms with Gasteiger partial charge in [-0.15, -0.1) is 0 Å². The molecule has 1 aromatic carbocycles. The van der Waals surface area contributed by atoms with Crippen LogP contribution < -0.4 is 4.90 Å². The van der Waals surface area contributed by atoms with E-state index in [1.165, 1.54) is 7.11 Å². The predicted octanol–water partition coefficient (Wildman–Crippen LogP) is 1.78. The zero-order valence-electron chi connectivity index (χ0n) is 13.0. The summed E-state index contributed by atoms with van der Waals surface area (Å²) in [6, 6.07) is 7.49. The number of nitrogens with zero attached hydrogens (tertiary/aromatic N) is 2. The largest absolute Gasteiger partial charge is 0.469 e. The zero-order valence-corrected chi connectivity index (χ0v) is 13.0. The van der Waals surface area contributed by atoms with Crippen LogP contribution in [-0.2, 0) is 9.53 Å². The average molecular weight is 290 g/mol. The number of likely N-dealkylation sites (tertiary alicyclic amines) is 1. The molecule has 0 radical (unpaired) electrons. The molecule has 1 aromatic rings. The van der Waals surface area contributed by atoms with Crippen LogP contribution in [0.25, 0.3) is 0 Å². The van der Waals surface area contributed by atoms with E-state index in [2.05, 4.69) is 0 Å². The van der Waals surface area contributed by atoms with E-state index in [4.69, 9.17) is 4.74 Å². The lowest BCUT2D eigenvalue weighted by Crippen LogP contribution is -2.35. The van der Waals surface area contributed by atoms with Gasteiger partial charge in [0.2, 0.25) is 0 Å². The number of amides is 1. The number of rotatable bonds is 3. The van der Waals surface area contributed by atoms with Crippen LogP contribution in [0.15, 0.2) is 24.3 Å². The first-order valence-corrected chi connectivity index (χ1v) is 7.02. The first-order valence-electron chi connectivity index (χ1n) is 7.02. The molecule has 5 nitrogen and oxygen atoms in total. The van der Waals surface area contributed by atoms with Gasteiger partial charge in [-0.25, -0.2) is 0 Å². The Balaban J connectivity index is 2.09. The van der Waals surface area contributed by atoms with Crippen LogP contribution in [0.5, 0.6) is 0 Å². The van der Waals surface area contributed by atoms with Crippen LogP contribution >= 0.6 is 0 Å². The molecular formula is C16H22N2O3. The lowest BCUT2D eigenvalue weighted by atomic mass is 9.90. The van der Waals surface area contributed by atoms with Crippen molar-refractivity contribution in [3.63, 3.8) is 0 Å². The lowest BCUT2D eigenvalue weighted by Gasteiger charge is -2.22. The molecule has 0 unspecified atom stereocenters. The van der Waals surface area contributed by atoms with Crippen molar-refractivity contribution in [2.45, 2.75) is 13.3 Å². The highest BCUT2D eigenvalue weighted by atomic mass is 16.5. The maximum Gasteiger partial charge on any atom is 0.313 e. The molecule has 0 N–H and O–H groups in total. The maximum atomic E-state index is 12.5. The Hall–Kier alpha value is -2.04. The van der Waals surface area contributed by atoms with Crippen molar-refractivity contribution in [1.82, 2.24) is 4.90 Å². The molecule has 1 heterocycles. The Kier molecular flexibility index (Phi) is 4.21. The number of hydrogen-bond donors (Lipinski definition) is 0. The van der Waals surface area contributed by atoms with E-state index >= 15 is 0 Å². The summed E-state index contributed by atoms with van der Waals surface area (Å²) in [5, 5.41) is 0. The Morgan fingerprint density at radius 2 is 1.86 bits per heavy atom. The molecule has 2 rings (SSSR count). The van der Waals surface area contributed by atoms with Crippen molar-refractivity contribution < 1.29 is 14.3 Å². The third kappa shape index (κ3) is 3.01. The molecular weight excluding hydrogens is 268 g/mol. The number of benzene rings is 1. The van der Waals surface area contributed by atoms with Gasteiger partial charge in [0.15, 0.2) is 0 Å². The van der Waals surface area contributed by atoms with Gasteiger partial charge in [-0.05, 0) is 37.6 Å². The first kappa shape index (κ1) is 15.4. The fourth-order valence-corrected chi connectivity index (χ4v) is 2.63. The number of ether oxygens (including phenoxy) is 1. The van der Waals surface area contributed by atoms with Crippen LogP contribution in [0.1, 0.15) is 23.7 Å². The summed E-state index contributed by atoms with van der Waals surface area (Å²) in [7, 11) is 5.30. The molecule has 5 heteroatoms. The highest BCUT2D eigenvalue weighted by Crippen LogP contribution is 2.32. The summed E-state index contributed by atoms with van der Waals surface area (Å²) in [4.78, 5) is 28.0. The van der Waals surface area contributed by atoms with E-state index < -0.39 is 5.41 Å². The van der Waals surface area contributed by atoms with Crippen LogP contribution in [0, 0.1) is 5.41 Å². The summed E-state index contributed by atoms with van der Waals surface area (Å²) >= 11 is 0. The third-order valence-electron chi connectivity index (χ3n) is 4.07. The molecule has 0 aromatic heterocycles. The van der Waals surface area contributed by atoms with E-state index in [1.807, 2.05) is 50.2 Å². The molecule has 0 saturated carbocycles. The quantitative estimate of drug-likeness (QED) is 0.796. The fraction of sp³-hybridized carbons (Fsp3) is 0.500. The maximum absolute atomic E-state index is 12.5. The molecule has 0 spiro atoms. The minimum Gasteiger partial charge on any atom is -0.469 e. The third-order valence-corrected chi connectivity index (χ3v) is 4.07. The van der Waals surface area contributed by atoms with Gasteiger partial charge in [-0.3, -0.25) is 9.59 Å². The van der Waals surface area contributed by atoms with Crippen molar-refractivity contribution in [3.8, 4) is 0 Å². The number of esters is 1. The van der Waals surface area contributed by atoms with Gasteiger partial charge in [0, 0.05) is 38.4 Å². The van der Waals surface area contributed by atoms with Crippen LogP contribution in [-0.4, -0.2) is 51.1 Å². The van der Waals surface area contributed by atoms with Crippen molar-refractivity contribution in [1.29, 1.82) is 0 Å². The predicted molar refractivity (Wildman–Crippen MR) is 81.4 cm³/mol. The van der Waals surface area contributed by atoms with Gasteiger partial charge in [0.25, 0.3) is 5.91 Å². The standard InChI is InChI=1S/C16H22N2O3/c1-16(15(20)21-4)9-10-18(11-16)14(19)12-5-7-13(8-6-12)17(2)3/h5-8H,9-11H2,1-4H3/t16-/m1/s1. The van der Waals surface area contributed by atoms with Gasteiger partial charge >= 0.3 is 5.97 Å². The van der Waals surface area contributed by atoms with Crippen LogP contribution in [0.2, 0.25) is 0 Å². The van der Waals surface area contributed by atoms with Gasteiger partial charge in [0.1, 0.15) is 0 Å². The number of carbonyl (C=O) groups excluding carboxylic acids is 2. The average Bonchev–Trinajstić information content (AvgIpc) is 2.89. The summed E-state index contributed by atoms with van der Waals surface area (Å²) in [5.41, 5.74) is 1.11. The molecule has 0 bridgehead atoms. The second kappa shape index (κ2) is 5.76. The number of carbonyl (C=O) groups is 2.